The van der Waals surface area contributed by atoms with Crippen LogP contribution in [0.4, 0.5) is 4.79 Å². The quantitative estimate of drug-likeness (QED) is 0.811. The average molecular weight is 258 g/mol. The molecule has 1 aliphatic heterocycles. The third kappa shape index (κ3) is 4.91. The van der Waals surface area contributed by atoms with Gasteiger partial charge in [-0.3, -0.25) is 4.79 Å². The second-order valence-corrected chi connectivity index (χ2v) is 5.36. The van der Waals surface area contributed by atoms with Crippen LogP contribution in [-0.2, 0) is 14.3 Å². The number of carbonyl (C=O) groups excluding carboxylic acids is 2. The van der Waals surface area contributed by atoms with Crippen molar-refractivity contribution in [1.29, 1.82) is 0 Å². The number of hydrogen-bond donors (Lipinski definition) is 1. The van der Waals surface area contributed by atoms with Crippen LogP contribution in [0, 0.1) is 0 Å². The fourth-order valence-corrected chi connectivity index (χ4v) is 1.70. The van der Waals surface area contributed by atoms with Crippen molar-refractivity contribution >= 4 is 12.0 Å². The van der Waals surface area contributed by atoms with E-state index in [4.69, 9.17) is 4.74 Å². The Kier molecular flexibility index (Phi) is 4.95. The number of nitrogens with zero attached hydrogens (tertiary/aromatic N) is 1. The van der Waals surface area contributed by atoms with Crippen molar-refractivity contribution < 1.29 is 19.1 Å². The van der Waals surface area contributed by atoms with Crippen molar-refractivity contribution in [3.05, 3.63) is 0 Å². The van der Waals surface area contributed by atoms with Gasteiger partial charge in [-0.25, -0.2) is 4.79 Å². The van der Waals surface area contributed by atoms with E-state index in [1.165, 1.54) is 7.11 Å². The van der Waals surface area contributed by atoms with Crippen LogP contribution in [0.3, 0.4) is 0 Å². The van der Waals surface area contributed by atoms with Crippen molar-refractivity contribution in [2.75, 3.05) is 26.8 Å². The van der Waals surface area contributed by atoms with E-state index in [-0.39, 0.29) is 24.2 Å². The highest BCUT2D eigenvalue weighted by Gasteiger charge is 2.28. The van der Waals surface area contributed by atoms with E-state index < -0.39 is 6.09 Å². The third-order valence-corrected chi connectivity index (χ3v) is 2.68. The van der Waals surface area contributed by atoms with Gasteiger partial charge in [-0.15, -0.1) is 0 Å². The predicted molar refractivity (Wildman–Crippen MR) is 66.2 cm³/mol. The molecule has 2 amide bonds. The number of methoxy groups -OCH3 is 1. The van der Waals surface area contributed by atoms with Gasteiger partial charge in [0.25, 0.3) is 0 Å². The topological polar surface area (TPSA) is 67.9 Å². The summed E-state index contributed by atoms with van der Waals surface area (Å²) in [6.07, 6.45) is 0.288. The first-order valence-corrected chi connectivity index (χ1v) is 6.08. The Balaban J connectivity index is 2.33. The average Bonchev–Trinajstić information content (AvgIpc) is 2.73. The molecular weight excluding hydrogens is 236 g/mol. The lowest BCUT2D eigenvalue weighted by Gasteiger charge is -2.22. The number of likely N-dealkylation sites (tertiary alicyclic amines) is 1. The second-order valence-electron chi connectivity index (χ2n) is 5.36. The third-order valence-electron chi connectivity index (χ3n) is 2.68. The molecule has 1 N–H and O–H groups in total. The largest absolute Gasteiger partial charge is 0.453 e. The highest BCUT2D eigenvalue weighted by molar-refractivity contribution is 5.78. The highest BCUT2D eigenvalue weighted by Crippen LogP contribution is 2.12. The van der Waals surface area contributed by atoms with Crippen LogP contribution in [0.1, 0.15) is 27.2 Å². The number of ether oxygens (including phenoxy) is 2. The zero-order chi connectivity index (χ0) is 13.8. The smallest absolute Gasteiger partial charge is 0.407 e. The number of amides is 2. The first-order chi connectivity index (χ1) is 8.31. The maximum absolute atomic E-state index is 11.8. The molecule has 1 atom stereocenters. The molecule has 0 aromatic carbocycles. The van der Waals surface area contributed by atoms with Crippen LogP contribution in [0.25, 0.3) is 0 Å². The van der Waals surface area contributed by atoms with Crippen molar-refractivity contribution in [2.24, 2.45) is 0 Å². The molecule has 1 rings (SSSR count). The van der Waals surface area contributed by atoms with Crippen molar-refractivity contribution in [1.82, 2.24) is 10.2 Å². The van der Waals surface area contributed by atoms with Gasteiger partial charge in [-0.2, -0.15) is 0 Å². The van der Waals surface area contributed by atoms with Crippen LogP contribution in [0.2, 0.25) is 0 Å². The van der Waals surface area contributed by atoms with Crippen LogP contribution in [0.15, 0.2) is 0 Å². The van der Waals surface area contributed by atoms with Gasteiger partial charge in [-0.1, -0.05) is 0 Å². The zero-order valence-corrected chi connectivity index (χ0v) is 11.5. The molecule has 1 aliphatic rings. The highest BCUT2D eigenvalue weighted by atomic mass is 16.5. The van der Waals surface area contributed by atoms with Crippen molar-refractivity contribution in [2.45, 2.75) is 38.8 Å². The minimum Gasteiger partial charge on any atom is -0.453 e. The zero-order valence-electron chi connectivity index (χ0n) is 11.5. The molecule has 0 radical (unpaired) electrons. The molecular formula is C12H22N2O4. The normalized spacial score (nSPS) is 19.8. The molecule has 1 unspecified atom stereocenters. The fourth-order valence-electron chi connectivity index (χ4n) is 1.70. The Bertz CT molecular complexity index is 312. The van der Waals surface area contributed by atoms with E-state index in [9.17, 15) is 9.59 Å². The lowest BCUT2D eigenvalue weighted by Crippen LogP contribution is -2.40. The molecule has 0 saturated carbocycles. The molecule has 1 heterocycles. The summed E-state index contributed by atoms with van der Waals surface area (Å²) in [5, 5.41) is 2.69. The van der Waals surface area contributed by atoms with E-state index >= 15 is 0 Å². The Labute approximate surface area is 108 Å². The summed E-state index contributed by atoms with van der Waals surface area (Å²) >= 11 is 0. The van der Waals surface area contributed by atoms with Gasteiger partial charge in [0.15, 0.2) is 0 Å². The molecule has 0 bridgehead atoms. The van der Waals surface area contributed by atoms with E-state index in [1.54, 1.807) is 4.90 Å². The Morgan fingerprint density at radius 1 is 1.39 bits per heavy atom. The predicted octanol–water partition coefficient (Wildman–Crippen LogP) is 0.758. The minimum atomic E-state index is -0.458. The molecule has 1 saturated heterocycles. The summed E-state index contributed by atoms with van der Waals surface area (Å²) in [5.74, 6) is -0.0425. The maximum Gasteiger partial charge on any atom is 0.407 e. The number of nitrogens with one attached hydrogen (secondary N) is 1. The summed E-state index contributed by atoms with van der Waals surface area (Å²) in [6.45, 7) is 6.96. The monoisotopic (exact) mass is 258 g/mol. The summed E-state index contributed by atoms with van der Waals surface area (Å²) in [7, 11) is 1.32. The van der Waals surface area contributed by atoms with E-state index in [2.05, 4.69) is 10.1 Å². The number of alkyl carbamates (subject to hydrolysis) is 1. The number of carbonyl (C=O) groups is 2. The van der Waals surface area contributed by atoms with Crippen LogP contribution in [0.5, 0.6) is 0 Å². The minimum absolute atomic E-state index is 0.0314. The standard InChI is InChI=1S/C12H22N2O4/c1-12(2,3)18-8-10(15)14-6-5-9(7-14)13-11(16)17-4/h9H,5-8H2,1-4H3,(H,13,16). The Morgan fingerprint density at radius 3 is 2.61 bits per heavy atom. The Morgan fingerprint density at radius 2 is 2.06 bits per heavy atom. The van der Waals surface area contributed by atoms with E-state index in [0.29, 0.717) is 13.1 Å². The van der Waals surface area contributed by atoms with Gasteiger partial charge >= 0.3 is 6.09 Å². The van der Waals surface area contributed by atoms with Crippen LogP contribution < -0.4 is 5.32 Å². The molecule has 0 aromatic rings. The molecule has 6 nitrogen and oxygen atoms in total. The SMILES string of the molecule is COC(=O)NC1CCN(C(=O)COC(C)(C)C)C1. The van der Waals surface area contributed by atoms with Gasteiger partial charge in [0.2, 0.25) is 5.91 Å². The van der Waals surface area contributed by atoms with Crippen molar-refractivity contribution in [3.63, 3.8) is 0 Å². The Hall–Kier alpha value is -1.30. The van der Waals surface area contributed by atoms with Crippen LogP contribution >= 0.6 is 0 Å². The van der Waals surface area contributed by atoms with Gasteiger partial charge in [0, 0.05) is 13.1 Å². The second kappa shape index (κ2) is 6.04. The van der Waals surface area contributed by atoms with Crippen molar-refractivity contribution in [3.8, 4) is 0 Å². The van der Waals surface area contributed by atoms with Gasteiger partial charge < -0.3 is 19.7 Å². The van der Waals surface area contributed by atoms with Gasteiger partial charge in [0.1, 0.15) is 6.61 Å². The summed E-state index contributed by atoms with van der Waals surface area (Å²) in [4.78, 5) is 24.6. The maximum atomic E-state index is 11.8. The molecule has 6 heteroatoms. The summed E-state index contributed by atoms with van der Waals surface area (Å²) in [6, 6.07) is -0.0314. The summed E-state index contributed by atoms with van der Waals surface area (Å²) < 4.78 is 9.96. The molecule has 0 spiro atoms. The van der Waals surface area contributed by atoms with E-state index in [1.807, 2.05) is 20.8 Å². The molecule has 0 aliphatic carbocycles. The van der Waals surface area contributed by atoms with Crippen LogP contribution in [-0.4, -0.2) is 55.3 Å². The van der Waals surface area contributed by atoms with Gasteiger partial charge in [0.05, 0.1) is 18.8 Å². The first kappa shape index (κ1) is 14.8. The summed E-state index contributed by atoms with van der Waals surface area (Å²) in [5.41, 5.74) is -0.320. The fraction of sp³-hybridized carbons (Fsp3) is 0.833. The first-order valence-electron chi connectivity index (χ1n) is 6.08. The molecule has 18 heavy (non-hydrogen) atoms. The molecule has 0 aromatic heterocycles. The molecule has 1 fully saturated rings. The number of rotatable bonds is 3. The molecule has 104 valence electrons. The lowest BCUT2D eigenvalue weighted by atomic mass is 10.2. The van der Waals surface area contributed by atoms with Gasteiger partial charge in [-0.05, 0) is 27.2 Å². The lowest BCUT2D eigenvalue weighted by molar-refractivity contribution is -0.140. The number of hydrogen-bond acceptors (Lipinski definition) is 4. The van der Waals surface area contributed by atoms with E-state index in [0.717, 1.165) is 6.42 Å².